The lowest BCUT2D eigenvalue weighted by molar-refractivity contribution is 0.00467. The van der Waals surface area contributed by atoms with Crippen molar-refractivity contribution < 1.29 is 5.11 Å². The molecule has 20 heavy (non-hydrogen) atoms. The van der Waals surface area contributed by atoms with Gasteiger partial charge in [-0.05, 0) is 41.2 Å². The minimum Gasteiger partial charge on any atom is -0.388 e. The number of rotatable bonds is 2. The Morgan fingerprint density at radius 1 is 1.25 bits per heavy atom. The average molecular weight is 269 g/mol. The van der Waals surface area contributed by atoms with Crippen LogP contribution in [0.3, 0.4) is 0 Å². The van der Waals surface area contributed by atoms with Gasteiger partial charge in [-0.3, -0.25) is 4.98 Å². The lowest BCUT2D eigenvalue weighted by atomic mass is 9.65. The average Bonchev–Trinajstić information content (AvgIpc) is 2.45. The molecule has 2 atom stereocenters. The third kappa shape index (κ3) is 2.33. The zero-order valence-corrected chi connectivity index (χ0v) is 12.3. The number of benzene rings is 1. The van der Waals surface area contributed by atoms with Crippen molar-refractivity contribution in [3.63, 3.8) is 0 Å². The standard InChI is InChI=1S/C18H23NO/c1-18(2)10-4-3-8-16(18)17(20)14-7-5-6-13-9-11-19-12-15(13)14/h5-7,9,11-12,16-17,20H,3-4,8,10H2,1-2H3. The van der Waals surface area contributed by atoms with Gasteiger partial charge in [0, 0.05) is 17.8 Å². The molecule has 1 N–H and O–H groups in total. The van der Waals surface area contributed by atoms with E-state index in [4.69, 9.17) is 0 Å². The van der Waals surface area contributed by atoms with E-state index in [1.165, 1.54) is 19.3 Å². The summed E-state index contributed by atoms with van der Waals surface area (Å²) in [6.45, 7) is 4.59. The van der Waals surface area contributed by atoms with E-state index in [-0.39, 0.29) is 5.41 Å². The molecule has 2 nitrogen and oxygen atoms in total. The second kappa shape index (κ2) is 5.17. The Morgan fingerprint density at radius 2 is 2.10 bits per heavy atom. The third-order valence-electron chi connectivity index (χ3n) is 5.01. The Bertz CT molecular complexity index is 600. The van der Waals surface area contributed by atoms with E-state index < -0.39 is 6.10 Å². The maximum atomic E-state index is 11.0. The molecule has 2 aromatic rings. The number of fused-ring (bicyclic) bond motifs is 1. The van der Waals surface area contributed by atoms with Crippen molar-refractivity contribution in [3.05, 3.63) is 42.2 Å². The smallest absolute Gasteiger partial charge is 0.0829 e. The van der Waals surface area contributed by atoms with E-state index in [0.717, 1.165) is 22.8 Å². The van der Waals surface area contributed by atoms with Crippen LogP contribution in [0.25, 0.3) is 10.8 Å². The number of pyridine rings is 1. The molecule has 1 aliphatic carbocycles. The van der Waals surface area contributed by atoms with Crippen LogP contribution in [0.4, 0.5) is 0 Å². The molecule has 0 spiro atoms. The summed E-state index contributed by atoms with van der Waals surface area (Å²) in [6.07, 6.45) is 8.13. The van der Waals surface area contributed by atoms with Crippen LogP contribution in [-0.2, 0) is 0 Å². The van der Waals surface area contributed by atoms with Gasteiger partial charge < -0.3 is 5.11 Å². The van der Waals surface area contributed by atoms with E-state index in [0.29, 0.717) is 5.92 Å². The summed E-state index contributed by atoms with van der Waals surface area (Å²) >= 11 is 0. The molecular weight excluding hydrogens is 246 g/mol. The van der Waals surface area contributed by atoms with Crippen molar-refractivity contribution in [1.82, 2.24) is 4.98 Å². The van der Waals surface area contributed by atoms with Gasteiger partial charge in [-0.15, -0.1) is 0 Å². The number of hydrogen-bond acceptors (Lipinski definition) is 2. The molecule has 1 saturated carbocycles. The highest BCUT2D eigenvalue weighted by Gasteiger charge is 2.37. The van der Waals surface area contributed by atoms with Crippen LogP contribution in [0.1, 0.15) is 51.2 Å². The lowest BCUT2D eigenvalue weighted by Crippen LogP contribution is -2.32. The van der Waals surface area contributed by atoms with Gasteiger partial charge in [-0.1, -0.05) is 44.9 Å². The Labute approximate surface area is 120 Å². The number of aliphatic hydroxyl groups is 1. The molecule has 0 saturated heterocycles. The molecule has 1 aromatic heterocycles. The maximum absolute atomic E-state index is 11.0. The van der Waals surface area contributed by atoms with Crippen LogP contribution in [0.5, 0.6) is 0 Å². The molecule has 1 aromatic carbocycles. The zero-order chi connectivity index (χ0) is 14.2. The van der Waals surface area contributed by atoms with Crippen molar-refractivity contribution in [1.29, 1.82) is 0 Å². The predicted octanol–water partition coefficient (Wildman–Crippen LogP) is 4.48. The molecule has 0 aliphatic heterocycles. The van der Waals surface area contributed by atoms with Gasteiger partial charge in [0.1, 0.15) is 0 Å². The summed E-state index contributed by atoms with van der Waals surface area (Å²) in [5, 5.41) is 13.2. The minimum absolute atomic E-state index is 0.210. The largest absolute Gasteiger partial charge is 0.388 e. The van der Waals surface area contributed by atoms with Gasteiger partial charge in [-0.25, -0.2) is 0 Å². The molecule has 0 amide bonds. The SMILES string of the molecule is CC1(C)CCCCC1C(O)c1cccc2ccncc12. The highest BCUT2D eigenvalue weighted by atomic mass is 16.3. The Hall–Kier alpha value is -1.41. The summed E-state index contributed by atoms with van der Waals surface area (Å²) < 4.78 is 0. The first-order chi connectivity index (χ1) is 9.59. The summed E-state index contributed by atoms with van der Waals surface area (Å²) in [4.78, 5) is 4.23. The zero-order valence-electron chi connectivity index (χ0n) is 12.3. The lowest BCUT2D eigenvalue weighted by Gasteiger charge is -2.41. The fourth-order valence-electron chi connectivity index (χ4n) is 3.72. The normalized spacial score (nSPS) is 23.6. The molecule has 2 unspecified atom stereocenters. The third-order valence-corrected chi connectivity index (χ3v) is 5.01. The second-order valence-corrected chi connectivity index (χ2v) is 6.73. The number of aliphatic hydroxyl groups excluding tert-OH is 1. The Morgan fingerprint density at radius 3 is 2.90 bits per heavy atom. The number of nitrogens with zero attached hydrogens (tertiary/aromatic N) is 1. The molecular formula is C18H23NO. The topological polar surface area (TPSA) is 33.1 Å². The minimum atomic E-state index is -0.391. The van der Waals surface area contributed by atoms with Gasteiger partial charge in [0.15, 0.2) is 0 Å². The van der Waals surface area contributed by atoms with E-state index >= 15 is 0 Å². The molecule has 1 fully saturated rings. The molecule has 2 heteroatoms. The molecule has 106 valence electrons. The van der Waals surface area contributed by atoms with Crippen molar-refractivity contribution in [2.45, 2.75) is 45.6 Å². The fourth-order valence-corrected chi connectivity index (χ4v) is 3.72. The van der Waals surface area contributed by atoms with E-state index in [1.54, 1.807) is 0 Å². The number of hydrogen-bond donors (Lipinski definition) is 1. The summed E-state index contributed by atoms with van der Waals surface area (Å²) in [5.41, 5.74) is 1.25. The highest BCUT2D eigenvalue weighted by Crippen LogP contribution is 2.47. The van der Waals surface area contributed by atoms with Crippen LogP contribution >= 0.6 is 0 Å². The van der Waals surface area contributed by atoms with E-state index in [9.17, 15) is 5.11 Å². The fraction of sp³-hybridized carbons (Fsp3) is 0.500. The van der Waals surface area contributed by atoms with Gasteiger partial charge in [-0.2, -0.15) is 0 Å². The van der Waals surface area contributed by atoms with Gasteiger partial charge >= 0.3 is 0 Å². The van der Waals surface area contributed by atoms with Crippen LogP contribution in [-0.4, -0.2) is 10.1 Å². The summed E-state index contributed by atoms with van der Waals surface area (Å²) in [7, 11) is 0. The molecule has 0 radical (unpaired) electrons. The number of aromatic nitrogens is 1. The van der Waals surface area contributed by atoms with Gasteiger partial charge in [0.2, 0.25) is 0 Å². The van der Waals surface area contributed by atoms with Crippen LogP contribution in [0.15, 0.2) is 36.7 Å². The van der Waals surface area contributed by atoms with Crippen molar-refractivity contribution in [3.8, 4) is 0 Å². The molecule has 3 rings (SSSR count). The first kappa shape index (κ1) is 13.6. The molecule has 1 aliphatic rings. The van der Waals surface area contributed by atoms with Gasteiger partial charge in [0.05, 0.1) is 6.10 Å². The second-order valence-electron chi connectivity index (χ2n) is 6.73. The van der Waals surface area contributed by atoms with Crippen LogP contribution in [0.2, 0.25) is 0 Å². The van der Waals surface area contributed by atoms with Crippen molar-refractivity contribution >= 4 is 10.8 Å². The molecule has 1 heterocycles. The van der Waals surface area contributed by atoms with Crippen molar-refractivity contribution in [2.24, 2.45) is 11.3 Å². The first-order valence-corrected chi connectivity index (χ1v) is 7.60. The van der Waals surface area contributed by atoms with E-state index in [2.05, 4.69) is 31.0 Å². The van der Waals surface area contributed by atoms with Crippen LogP contribution in [0, 0.1) is 11.3 Å². The summed E-state index contributed by atoms with van der Waals surface area (Å²) in [6, 6.07) is 8.19. The van der Waals surface area contributed by atoms with E-state index in [1.807, 2.05) is 24.5 Å². The van der Waals surface area contributed by atoms with Crippen LogP contribution < -0.4 is 0 Å². The summed E-state index contributed by atoms with van der Waals surface area (Å²) in [5.74, 6) is 0.335. The quantitative estimate of drug-likeness (QED) is 0.871. The Kier molecular flexibility index (Phi) is 3.51. The highest BCUT2D eigenvalue weighted by molar-refractivity contribution is 5.85. The first-order valence-electron chi connectivity index (χ1n) is 7.60. The molecule has 0 bridgehead atoms. The Balaban J connectivity index is 2.02. The van der Waals surface area contributed by atoms with Gasteiger partial charge in [0.25, 0.3) is 0 Å². The predicted molar refractivity (Wildman–Crippen MR) is 82.4 cm³/mol. The maximum Gasteiger partial charge on any atom is 0.0829 e. The monoisotopic (exact) mass is 269 g/mol. The van der Waals surface area contributed by atoms with Crippen molar-refractivity contribution in [2.75, 3.05) is 0 Å².